The Morgan fingerprint density at radius 2 is 2.19 bits per heavy atom. The van der Waals surface area contributed by atoms with Crippen LogP contribution in [0.5, 0.6) is 0 Å². The average Bonchev–Trinajstić information content (AvgIpc) is 3.05. The van der Waals surface area contributed by atoms with E-state index in [1.54, 1.807) is 7.05 Å². The summed E-state index contributed by atoms with van der Waals surface area (Å²) in [6, 6.07) is 9.78. The molecule has 1 N–H and O–H groups in total. The van der Waals surface area contributed by atoms with Crippen LogP contribution in [0.4, 0.5) is 5.82 Å². The fraction of sp³-hybridized carbons (Fsp3) is 0.300. The van der Waals surface area contributed by atoms with Crippen molar-refractivity contribution in [3.8, 4) is 6.07 Å². The lowest BCUT2D eigenvalue weighted by Crippen LogP contribution is -2.33. The van der Waals surface area contributed by atoms with Crippen molar-refractivity contribution < 1.29 is 4.79 Å². The summed E-state index contributed by atoms with van der Waals surface area (Å²) in [6.45, 7) is 4.68. The molecule has 0 bridgehead atoms. The first-order valence-corrected chi connectivity index (χ1v) is 8.98. The Hall–Kier alpha value is -3.24. The number of carbonyl (C=O) groups is 1. The number of likely N-dealkylation sites (N-methyl/N-ethyl adjacent to an activating group) is 1. The van der Waals surface area contributed by atoms with E-state index in [1.165, 1.54) is 10.9 Å². The van der Waals surface area contributed by atoms with Crippen LogP contribution >= 0.6 is 0 Å². The molecule has 7 heteroatoms. The van der Waals surface area contributed by atoms with Gasteiger partial charge in [-0.2, -0.15) is 10.4 Å². The van der Waals surface area contributed by atoms with E-state index in [4.69, 9.17) is 4.98 Å². The maximum absolute atomic E-state index is 13.3. The minimum atomic E-state index is -0.233. The number of amides is 1. The van der Waals surface area contributed by atoms with Crippen molar-refractivity contribution in [2.24, 2.45) is 7.05 Å². The van der Waals surface area contributed by atoms with Gasteiger partial charge in [0.05, 0.1) is 17.3 Å². The molecule has 0 spiro atoms. The second-order valence-electron chi connectivity index (χ2n) is 6.64. The lowest BCUT2D eigenvalue weighted by Gasteiger charge is -2.29. The number of aryl methyl sites for hydroxylation is 1. The minimum absolute atomic E-state index is 0.233. The third-order valence-corrected chi connectivity index (χ3v) is 5.09. The standard InChI is InChI=1S/C20H20N6O/c1-3-26-9-8-17-15(12-26)18(14-6-4-5-7-16(14)23-17)20(27)24-19-13(10-21)11-22-25(19)2/h4-7,11H,3,8-9,12H2,1-2H3,(H,24,27). The van der Waals surface area contributed by atoms with Crippen LogP contribution in [-0.4, -0.2) is 38.7 Å². The minimum Gasteiger partial charge on any atom is -0.306 e. The van der Waals surface area contributed by atoms with Crippen LogP contribution < -0.4 is 5.32 Å². The van der Waals surface area contributed by atoms with Gasteiger partial charge in [0.15, 0.2) is 0 Å². The number of benzene rings is 1. The van der Waals surface area contributed by atoms with Gasteiger partial charge in [0.2, 0.25) is 0 Å². The molecule has 0 atom stereocenters. The molecule has 0 aliphatic carbocycles. The molecule has 3 aromatic rings. The lowest BCUT2D eigenvalue weighted by molar-refractivity contribution is 0.102. The Labute approximate surface area is 157 Å². The molecule has 0 unspecified atom stereocenters. The highest BCUT2D eigenvalue weighted by Gasteiger charge is 2.26. The molecule has 3 heterocycles. The normalized spacial score (nSPS) is 14.0. The number of anilines is 1. The summed E-state index contributed by atoms with van der Waals surface area (Å²) < 4.78 is 1.50. The van der Waals surface area contributed by atoms with Crippen LogP contribution in [0.3, 0.4) is 0 Å². The van der Waals surface area contributed by atoms with Crippen LogP contribution in [0.25, 0.3) is 10.9 Å². The number of pyridine rings is 1. The second-order valence-corrected chi connectivity index (χ2v) is 6.64. The molecule has 0 radical (unpaired) electrons. The molecule has 0 saturated carbocycles. The van der Waals surface area contributed by atoms with E-state index < -0.39 is 0 Å². The van der Waals surface area contributed by atoms with Crippen molar-refractivity contribution in [2.75, 3.05) is 18.4 Å². The van der Waals surface area contributed by atoms with Crippen molar-refractivity contribution in [3.05, 3.63) is 52.8 Å². The SMILES string of the molecule is CCN1CCc2nc3ccccc3c(C(=O)Nc3c(C#N)cnn3C)c2C1. The first-order valence-electron chi connectivity index (χ1n) is 8.98. The van der Waals surface area contributed by atoms with E-state index in [2.05, 4.69) is 28.3 Å². The van der Waals surface area contributed by atoms with Crippen molar-refractivity contribution in [2.45, 2.75) is 19.9 Å². The molecule has 136 valence electrons. The Bertz CT molecular complexity index is 1080. The molecule has 0 saturated heterocycles. The van der Waals surface area contributed by atoms with Gasteiger partial charge in [-0.3, -0.25) is 19.4 Å². The number of hydrogen-bond donors (Lipinski definition) is 1. The zero-order valence-electron chi connectivity index (χ0n) is 15.4. The van der Waals surface area contributed by atoms with Crippen molar-refractivity contribution in [1.29, 1.82) is 5.26 Å². The highest BCUT2D eigenvalue weighted by molar-refractivity contribution is 6.13. The molecule has 1 aliphatic rings. The van der Waals surface area contributed by atoms with E-state index in [9.17, 15) is 10.1 Å². The molecule has 7 nitrogen and oxygen atoms in total. The number of rotatable bonds is 3. The molecule has 1 amide bonds. The predicted molar refractivity (Wildman–Crippen MR) is 102 cm³/mol. The maximum atomic E-state index is 13.3. The first kappa shape index (κ1) is 17.2. The van der Waals surface area contributed by atoms with E-state index in [1.807, 2.05) is 24.3 Å². The summed E-state index contributed by atoms with van der Waals surface area (Å²) in [5, 5.41) is 17.1. The lowest BCUT2D eigenvalue weighted by atomic mass is 9.95. The van der Waals surface area contributed by atoms with E-state index in [-0.39, 0.29) is 5.91 Å². The Morgan fingerprint density at radius 3 is 2.96 bits per heavy atom. The number of nitriles is 1. The third-order valence-electron chi connectivity index (χ3n) is 5.09. The van der Waals surface area contributed by atoms with Gasteiger partial charge in [0, 0.05) is 43.2 Å². The fourth-order valence-corrected chi connectivity index (χ4v) is 3.61. The largest absolute Gasteiger partial charge is 0.306 e. The van der Waals surface area contributed by atoms with Crippen LogP contribution in [0.1, 0.15) is 34.1 Å². The second kappa shape index (κ2) is 6.82. The topological polar surface area (TPSA) is 86.8 Å². The smallest absolute Gasteiger partial charge is 0.257 e. The van der Waals surface area contributed by atoms with Gasteiger partial charge in [-0.15, -0.1) is 0 Å². The Kier molecular flexibility index (Phi) is 4.34. The summed E-state index contributed by atoms with van der Waals surface area (Å²) in [4.78, 5) is 20.4. The quantitative estimate of drug-likeness (QED) is 0.775. The molecule has 27 heavy (non-hydrogen) atoms. The number of fused-ring (bicyclic) bond motifs is 2. The zero-order chi connectivity index (χ0) is 19.0. The van der Waals surface area contributed by atoms with Gasteiger partial charge >= 0.3 is 0 Å². The summed E-state index contributed by atoms with van der Waals surface area (Å²) >= 11 is 0. The van der Waals surface area contributed by atoms with Crippen molar-refractivity contribution in [3.63, 3.8) is 0 Å². The number of aromatic nitrogens is 3. The van der Waals surface area contributed by atoms with E-state index >= 15 is 0 Å². The van der Waals surface area contributed by atoms with Gasteiger partial charge in [-0.05, 0) is 12.6 Å². The van der Waals surface area contributed by atoms with Gasteiger partial charge < -0.3 is 5.32 Å². The highest BCUT2D eigenvalue weighted by Crippen LogP contribution is 2.29. The third kappa shape index (κ3) is 2.94. The van der Waals surface area contributed by atoms with Crippen LogP contribution in [0.15, 0.2) is 30.5 Å². The number of para-hydroxylation sites is 1. The molecular weight excluding hydrogens is 340 g/mol. The number of hydrogen-bond acceptors (Lipinski definition) is 5. The predicted octanol–water partition coefficient (Wildman–Crippen LogP) is 2.47. The number of carbonyl (C=O) groups excluding carboxylic acids is 1. The zero-order valence-corrected chi connectivity index (χ0v) is 15.4. The molecule has 1 aromatic carbocycles. The average molecular weight is 360 g/mol. The Morgan fingerprint density at radius 1 is 1.37 bits per heavy atom. The fourth-order valence-electron chi connectivity index (χ4n) is 3.61. The van der Waals surface area contributed by atoms with Crippen molar-refractivity contribution in [1.82, 2.24) is 19.7 Å². The molecule has 0 fully saturated rings. The molecule has 4 rings (SSSR count). The summed E-state index contributed by atoms with van der Waals surface area (Å²) in [6.07, 6.45) is 2.28. The number of nitrogens with one attached hydrogen (secondary N) is 1. The van der Waals surface area contributed by atoms with Gasteiger partial charge in [-0.1, -0.05) is 25.1 Å². The highest BCUT2D eigenvalue weighted by atomic mass is 16.1. The van der Waals surface area contributed by atoms with Crippen LogP contribution in [0, 0.1) is 11.3 Å². The van der Waals surface area contributed by atoms with Gasteiger partial charge in [-0.25, -0.2) is 0 Å². The number of nitrogens with zero attached hydrogens (tertiary/aromatic N) is 5. The van der Waals surface area contributed by atoms with Crippen molar-refractivity contribution >= 4 is 22.6 Å². The summed E-state index contributed by atoms with van der Waals surface area (Å²) in [5.74, 6) is 0.170. The molecule has 2 aromatic heterocycles. The van der Waals surface area contributed by atoms with Gasteiger partial charge in [0.1, 0.15) is 17.5 Å². The van der Waals surface area contributed by atoms with E-state index in [0.717, 1.165) is 41.7 Å². The monoisotopic (exact) mass is 360 g/mol. The summed E-state index contributed by atoms with van der Waals surface area (Å²) in [5.41, 5.74) is 3.75. The molecule has 1 aliphatic heterocycles. The van der Waals surface area contributed by atoms with E-state index in [0.29, 0.717) is 23.5 Å². The maximum Gasteiger partial charge on any atom is 0.257 e. The molecular formula is C20H20N6O. The summed E-state index contributed by atoms with van der Waals surface area (Å²) in [7, 11) is 1.70. The Balaban J connectivity index is 1.85. The van der Waals surface area contributed by atoms with Gasteiger partial charge in [0.25, 0.3) is 5.91 Å². The first-order chi connectivity index (χ1) is 13.1. The van der Waals surface area contributed by atoms with Crippen LogP contribution in [0.2, 0.25) is 0 Å². The van der Waals surface area contributed by atoms with Crippen LogP contribution in [-0.2, 0) is 20.0 Å².